The quantitative estimate of drug-likeness (QED) is 0.396. The lowest BCUT2D eigenvalue weighted by atomic mass is 9.98. The van der Waals surface area contributed by atoms with Gasteiger partial charge in [-0.3, -0.25) is 0 Å². The van der Waals surface area contributed by atoms with Crippen LogP contribution in [0.15, 0.2) is 72.7 Å². The molecular weight excluding hydrogens is 340 g/mol. The Morgan fingerprint density at radius 3 is 2.12 bits per heavy atom. The van der Waals surface area contributed by atoms with Gasteiger partial charge in [-0.15, -0.1) is 0 Å². The molecule has 2 aromatic rings. The number of carbonyl (C=O) groups excluding carboxylic acids is 1. The van der Waals surface area contributed by atoms with Crippen molar-refractivity contribution in [3.63, 3.8) is 0 Å². The number of hydrogen-bond donors (Lipinski definition) is 1. The largest absolute Gasteiger partial charge is 0.301 e. The van der Waals surface area contributed by atoms with Gasteiger partial charge in [-0.1, -0.05) is 73.3 Å². The molecule has 0 spiro atoms. The Kier molecular flexibility index (Phi) is 6.28. The van der Waals surface area contributed by atoms with Gasteiger partial charge in [-0.05, 0) is 30.0 Å². The van der Waals surface area contributed by atoms with Crippen molar-refractivity contribution in [2.45, 2.75) is 18.9 Å². The third-order valence-electron chi connectivity index (χ3n) is 3.73. The maximum atomic E-state index is 14.6. The average molecular weight is 359 g/mol. The van der Waals surface area contributed by atoms with E-state index in [1.54, 1.807) is 12.1 Å². The molecule has 1 unspecified atom stereocenters. The third-order valence-corrected chi connectivity index (χ3v) is 4.53. The molecule has 0 aliphatic heterocycles. The second-order valence-corrected chi connectivity index (χ2v) is 6.53. The Labute approximate surface area is 150 Å². The summed E-state index contributed by atoms with van der Waals surface area (Å²) >= 11 is 0.858. The van der Waals surface area contributed by atoms with E-state index in [-0.39, 0.29) is 11.8 Å². The van der Waals surface area contributed by atoms with E-state index in [1.165, 1.54) is 18.2 Å². The van der Waals surface area contributed by atoms with Crippen LogP contribution in [0.1, 0.15) is 11.1 Å². The first-order chi connectivity index (χ1) is 11.9. The highest BCUT2D eigenvalue weighted by Gasteiger charge is 2.41. The molecule has 1 N–H and O–H groups in total. The molecule has 2 nitrogen and oxygen atoms in total. The Balaban J connectivity index is 2.20. The van der Waals surface area contributed by atoms with Gasteiger partial charge in [-0.25, -0.2) is 4.72 Å². The molecule has 0 aliphatic rings. The molecule has 2 rings (SSSR count). The van der Waals surface area contributed by atoms with E-state index < -0.39 is 12.0 Å². The molecule has 130 valence electrons. The zero-order chi connectivity index (χ0) is 18.4. The lowest BCUT2D eigenvalue weighted by Gasteiger charge is -2.23. The van der Waals surface area contributed by atoms with Crippen molar-refractivity contribution in [1.82, 2.24) is 4.72 Å². The fraction of sp³-hybridized carbons (Fsp3) is 0.150. The molecule has 25 heavy (non-hydrogen) atoms. The van der Waals surface area contributed by atoms with Crippen molar-refractivity contribution in [2.24, 2.45) is 0 Å². The van der Waals surface area contributed by atoms with Gasteiger partial charge in [0.2, 0.25) is 0 Å². The van der Waals surface area contributed by atoms with Crippen LogP contribution in [0.4, 0.5) is 8.78 Å². The number of alkyl halides is 2. The van der Waals surface area contributed by atoms with Crippen LogP contribution in [0.5, 0.6) is 0 Å². The van der Waals surface area contributed by atoms with E-state index in [0.29, 0.717) is 4.91 Å². The second kappa shape index (κ2) is 8.23. The first kappa shape index (κ1) is 19.1. The Morgan fingerprint density at radius 2 is 1.64 bits per heavy atom. The van der Waals surface area contributed by atoms with Gasteiger partial charge < -0.3 is 4.79 Å². The van der Waals surface area contributed by atoms with Crippen LogP contribution < -0.4 is 4.72 Å². The molecule has 0 fully saturated rings. The molecule has 0 amide bonds. The minimum atomic E-state index is -3.35. The summed E-state index contributed by atoms with van der Waals surface area (Å²) < 4.78 is 31.6. The number of halogens is 2. The Morgan fingerprint density at radius 1 is 1.12 bits per heavy atom. The number of nitrogens with one attached hydrogen (secondary N) is 1. The number of rotatable bonds is 8. The number of aryl methyl sites for hydroxylation is 1. The topological polar surface area (TPSA) is 29.1 Å². The first-order valence-electron chi connectivity index (χ1n) is 7.63. The highest BCUT2D eigenvalue weighted by Crippen LogP contribution is 2.34. The molecule has 0 saturated heterocycles. The molecular formula is C20H19F2NOS. The third kappa shape index (κ3) is 4.65. The van der Waals surface area contributed by atoms with E-state index in [1.807, 2.05) is 31.2 Å². The normalized spacial score (nSPS) is 12.4. The predicted molar refractivity (Wildman–Crippen MR) is 100 cm³/mol. The highest BCUT2D eigenvalue weighted by atomic mass is 32.2. The van der Waals surface area contributed by atoms with Gasteiger partial charge >= 0.3 is 0 Å². The second-order valence-electron chi connectivity index (χ2n) is 5.57. The standard InChI is InChI=1S/C20H19F2NOS/c1-4-15(3)25-23-19(13-24)20(21,22)18-11-9-17(10-12-18)16-7-5-14(2)6-8-16/h4-13,19,23H,1,3H2,2H3. The van der Waals surface area contributed by atoms with Gasteiger partial charge in [0, 0.05) is 10.5 Å². The lowest BCUT2D eigenvalue weighted by molar-refractivity contribution is -0.119. The summed E-state index contributed by atoms with van der Waals surface area (Å²) in [5.41, 5.74) is 2.69. The summed E-state index contributed by atoms with van der Waals surface area (Å²) in [6.07, 6.45) is 1.63. The summed E-state index contributed by atoms with van der Waals surface area (Å²) in [4.78, 5) is 11.6. The van der Waals surface area contributed by atoms with Gasteiger partial charge in [0.05, 0.1) is 0 Å². The van der Waals surface area contributed by atoms with E-state index in [9.17, 15) is 13.6 Å². The van der Waals surface area contributed by atoms with E-state index in [0.717, 1.165) is 28.6 Å². The Hall–Kier alpha value is -2.24. The molecule has 0 aliphatic carbocycles. The van der Waals surface area contributed by atoms with Gasteiger partial charge in [-0.2, -0.15) is 8.78 Å². The van der Waals surface area contributed by atoms with Crippen molar-refractivity contribution in [3.05, 3.63) is 83.8 Å². The number of allylic oxidation sites excluding steroid dienone is 1. The lowest BCUT2D eigenvalue weighted by Crippen LogP contribution is -2.41. The fourth-order valence-electron chi connectivity index (χ4n) is 2.18. The number of aldehydes is 1. The molecule has 0 saturated carbocycles. The van der Waals surface area contributed by atoms with Crippen LogP contribution >= 0.6 is 11.9 Å². The molecule has 5 heteroatoms. The van der Waals surface area contributed by atoms with Crippen molar-refractivity contribution < 1.29 is 13.6 Å². The fourth-order valence-corrected chi connectivity index (χ4v) is 2.74. The number of benzene rings is 2. The summed E-state index contributed by atoms with van der Waals surface area (Å²) in [6, 6.07) is 12.1. The minimum Gasteiger partial charge on any atom is -0.301 e. The zero-order valence-electron chi connectivity index (χ0n) is 13.8. The molecule has 1 atom stereocenters. The Bertz CT molecular complexity index is 754. The summed E-state index contributed by atoms with van der Waals surface area (Å²) in [6.45, 7) is 9.08. The molecule has 0 heterocycles. The van der Waals surface area contributed by atoms with Crippen LogP contribution in [0.25, 0.3) is 11.1 Å². The highest BCUT2D eigenvalue weighted by molar-refractivity contribution is 8.01. The maximum absolute atomic E-state index is 14.6. The summed E-state index contributed by atoms with van der Waals surface area (Å²) in [5.74, 6) is -3.35. The monoisotopic (exact) mass is 359 g/mol. The van der Waals surface area contributed by atoms with E-state index >= 15 is 0 Å². The average Bonchev–Trinajstić information content (AvgIpc) is 2.62. The molecule has 0 bridgehead atoms. The smallest absolute Gasteiger partial charge is 0.295 e. The van der Waals surface area contributed by atoms with Crippen molar-refractivity contribution in [3.8, 4) is 11.1 Å². The van der Waals surface area contributed by atoms with Crippen LogP contribution in [-0.2, 0) is 10.7 Å². The molecule has 0 radical (unpaired) electrons. The van der Waals surface area contributed by atoms with Gasteiger partial charge in [0.15, 0.2) is 0 Å². The van der Waals surface area contributed by atoms with E-state index in [2.05, 4.69) is 17.9 Å². The summed E-state index contributed by atoms with van der Waals surface area (Å²) in [5, 5.41) is 0. The maximum Gasteiger partial charge on any atom is 0.295 e. The molecule has 0 aromatic heterocycles. The van der Waals surface area contributed by atoms with Crippen molar-refractivity contribution in [2.75, 3.05) is 0 Å². The van der Waals surface area contributed by atoms with Crippen LogP contribution in [-0.4, -0.2) is 12.3 Å². The molecule has 2 aromatic carbocycles. The van der Waals surface area contributed by atoms with Gasteiger partial charge in [0.1, 0.15) is 12.3 Å². The van der Waals surface area contributed by atoms with Gasteiger partial charge in [0.25, 0.3) is 5.92 Å². The SMILES string of the molecule is C=CC(=C)SNC(C=O)C(F)(F)c1ccc(-c2ccc(C)cc2)cc1. The van der Waals surface area contributed by atoms with Crippen LogP contribution in [0, 0.1) is 6.92 Å². The zero-order valence-corrected chi connectivity index (χ0v) is 14.7. The number of carbonyl (C=O) groups is 1. The van der Waals surface area contributed by atoms with Crippen molar-refractivity contribution >= 4 is 18.2 Å². The number of hydrogen-bond acceptors (Lipinski definition) is 3. The summed E-state index contributed by atoms with van der Waals surface area (Å²) in [7, 11) is 0. The van der Waals surface area contributed by atoms with Crippen LogP contribution in [0.2, 0.25) is 0 Å². The minimum absolute atomic E-state index is 0.206. The van der Waals surface area contributed by atoms with Crippen molar-refractivity contribution in [1.29, 1.82) is 0 Å². The van der Waals surface area contributed by atoms with Crippen LogP contribution in [0.3, 0.4) is 0 Å². The van der Waals surface area contributed by atoms with E-state index in [4.69, 9.17) is 0 Å². The predicted octanol–water partition coefficient (Wildman–Crippen LogP) is 5.26. The first-order valence-corrected chi connectivity index (χ1v) is 8.44.